The highest BCUT2D eigenvalue weighted by atomic mass is 35.5. The second kappa shape index (κ2) is 13.7. The van der Waals surface area contributed by atoms with Gasteiger partial charge in [-0.25, -0.2) is 10.5 Å². The van der Waals surface area contributed by atoms with Crippen molar-refractivity contribution in [3.05, 3.63) is 78.0 Å². The van der Waals surface area contributed by atoms with Crippen molar-refractivity contribution in [2.45, 2.75) is 19.3 Å². The number of Topliss-reactive ketones (excluding diaryl/α,β-unsaturated/α-hetero) is 1. The summed E-state index contributed by atoms with van der Waals surface area (Å²) in [6, 6.07) is 13.8. The fourth-order valence-corrected chi connectivity index (χ4v) is 4.41. The number of hydrogen-bond acceptors (Lipinski definition) is 9. The van der Waals surface area contributed by atoms with Gasteiger partial charge in [0.25, 0.3) is 0 Å². The highest BCUT2D eigenvalue weighted by molar-refractivity contribution is 6.31. The molecule has 1 saturated heterocycles. The van der Waals surface area contributed by atoms with E-state index in [1.54, 1.807) is 54.0 Å². The molecule has 12 heteroatoms. The van der Waals surface area contributed by atoms with E-state index >= 15 is 0 Å². The third-order valence-corrected chi connectivity index (χ3v) is 6.54. The molecule has 11 nitrogen and oxygen atoms in total. The van der Waals surface area contributed by atoms with Gasteiger partial charge in [0.05, 0.1) is 6.20 Å². The summed E-state index contributed by atoms with van der Waals surface area (Å²) >= 11 is 6.24. The summed E-state index contributed by atoms with van der Waals surface area (Å²) in [4.78, 5) is 46.5. The number of ether oxygens (including phenoxy) is 1. The number of aromatic nitrogens is 2. The predicted molar refractivity (Wildman–Crippen MR) is 150 cm³/mol. The maximum atomic E-state index is 13.0. The standard InChI is InChI=1S/C28H29ClN6O5/c1-2-24(36)31-21-5-3-6-22(15-21)40-27-23(29)16-30-28(33-27)32-20-10-8-18(9-11-20)26(38)19-12-14-35(17-19)13-4-7-25(37)34-39/h2-3,5-6,8-11,15-16,19,39H,1,4,7,12-14,17H2,(H,31,36)(H,34,37)(H,30,32,33). The zero-order chi connectivity index (χ0) is 28.5. The molecule has 0 saturated carbocycles. The van der Waals surface area contributed by atoms with Crippen LogP contribution >= 0.6 is 11.6 Å². The number of ketones is 1. The van der Waals surface area contributed by atoms with Gasteiger partial charge in [-0.15, -0.1) is 0 Å². The van der Waals surface area contributed by atoms with Gasteiger partial charge < -0.3 is 20.3 Å². The van der Waals surface area contributed by atoms with Gasteiger partial charge in [0.2, 0.25) is 23.6 Å². The average Bonchev–Trinajstić information content (AvgIpc) is 3.44. The third kappa shape index (κ3) is 7.85. The summed E-state index contributed by atoms with van der Waals surface area (Å²) in [5.41, 5.74) is 3.44. The molecular formula is C28H29ClN6O5. The molecule has 2 amide bonds. The number of carbonyl (C=O) groups excluding carboxylic acids is 3. The lowest BCUT2D eigenvalue weighted by atomic mass is 9.97. The van der Waals surface area contributed by atoms with Crippen molar-refractivity contribution in [1.82, 2.24) is 20.3 Å². The second-order valence-corrected chi connectivity index (χ2v) is 9.57. The van der Waals surface area contributed by atoms with Gasteiger partial charge in [-0.1, -0.05) is 24.2 Å². The molecule has 1 unspecified atom stereocenters. The summed E-state index contributed by atoms with van der Waals surface area (Å²) in [6.07, 6.45) is 4.21. The van der Waals surface area contributed by atoms with Gasteiger partial charge in [0.15, 0.2) is 5.78 Å². The molecule has 1 aliphatic rings. The minimum Gasteiger partial charge on any atom is -0.437 e. The molecule has 40 heavy (non-hydrogen) atoms. The molecule has 4 rings (SSSR count). The van der Waals surface area contributed by atoms with Gasteiger partial charge in [0, 0.05) is 41.9 Å². The van der Waals surface area contributed by atoms with E-state index in [-0.39, 0.29) is 40.9 Å². The zero-order valence-corrected chi connectivity index (χ0v) is 22.4. The van der Waals surface area contributed by atoms with Crippen LogP contribution in [0.15, 0.2) is 67.4 Å². The van der Waals surface area contributed by atoms with Crippen LogP contribution in [-0.2, 0) is 9.59 Å². The number of likely N-dealkylation sites (tertiary alicyclic amines) is 1. The first kappa shape index (κ1) is 28.7. The SMILES string of the molecule is C=CC(=O)Nc1cccc(Oc2nc(Nc3ccc(C(=O)C4CCN(CCCC(=O)NO)C4)cc3)ncc2Cl)c1. The number of anilines is 3. The van der Waals surface area contributed by atoms with Gasteiger partial charge in [-0.05, 0) is 68.4 Å². The topological polar surface area (TPSA) is 146 Å². The largest absolute Gasteiger partial charge is 0.437 e. The molecule has 208 valence electrons. The van der Waals surface area contributed by atoms with E-state index in [0.29, 0.717) is 42.2 Å². The van der Waals surface area contributed by atoms with Crippen molar-refractivity contribution in [3.8, 4) is 11.6 Å². The molecular weight excluding hydrogens is 536 g/mol. The van der Waals surface area contributed by atoms with Crippen LogP contribution in [0.1, 0.15) is 29.6 Å². The van der Waals surface area contributed by atoms with E-state index in [1.165, 1.54) is 12.3 Å². The summed E-state index contributed by atoms with van der Waals surface area (Å²) in [5.74, 6) is 0.00706. The molecule has 0 radical (unpaired) electrons. The Morgan fingerprint density at radius 2 is 1.98 bits per heavy atom. The Bertz CT molecular complexity index is 1380. The highest BCUT2D eigenvalue weighted by Crippen LogP contribution is 2.30. The molecule has 4 N–H and O–H groups in total. The number of nitrogens with one attached hydrogen (secondary N) is 3. The first-order chi connectivity index (χ1) is 19.3. The second-order valence-electron chi connectivity index (χ2n) is 9.16. The number of rotatable bonds is 12. The number of carbonyl (C=O) groups is 3. The van der Waals surface area contributed by atoms with Crippen LogP contribution in [-0.4, -0.2) is 57.3 Å². The average molecular weight is 565 g/mol. The summed E-state index contributed by atoms with van der Waals surface area (Å²) < 4.78 is 5.82. The minimum atomic E-state index is -0.408. The van der Waals surface area contributed by atoms with Crippen LogP contribution in [0.2, 0.25) is 5.02 Å². The number of halogens is 1. The van der Waals surface area contributed by atoms with Gasteiger partial charge in [0.1, 0.15) is 10.8 Å². The molecule has 0 bridgehead atoms. The van der Waals surface area contributed by atoms with E-state index in [9.17, 15) is 14.4 Å². The first-order valence-corrected chi connectivity index (χ1v) is 13.0. The Morgan fingerprint density at radius 3 is 2.73 bits per heavy atom. The maximum Gasteiger partial charge on any atom is 0.247 e. The lowest BCUT2D eigenvalue weighted by Crippen LogP contribution is -2.26. The Labute approximate surface area is 236 Å². The molecule has 1 aromatic heterocycles. The van der Waals surface area contributed by atoms with Crippen LogP contribution in [0.3, 0.4) is 0 Å². The Kier molecular flexibility index (Phi) is 9.79. The van der Waals surface area contributed by atoms with Gasteiger partial charge >= 0.3 is 0 Å². The lowest BCUT2D eigenvalue weighted by Gasteiger charge is -2.15. The van der Waals surface area contributed by atoms with Crippen LogP contribution < -0.4 is 20.9 Å². The Morgan fingerprint density at radius 1 is 1.18 bits per heavy atom. The summed E-state index contributed by atoms with van der Waals surface area (Å²) in [7, 11) is 0. The number of nitrogens with zero attached hydrogens (tertiary/aromatic N) is 3. The lowest BCUT2D eigenvalue weighted by molar-refractivity contribution is -0.129. The van der Waals surface area contributed by atoms with Crippen LogP contribution in [0.4, 0.5) is 17.3 Å². The van der Waals surface area contributed by atoms with Crippen LogP contribution in [0.5, 0.6) is 11.6 Å². The third-order valence-electron chi connectivity index (χ3n) is 6.29. The molecule has 0 aliphatic carbocycles. The Hall–Kier alpha value is -4.32. The summed E-state index contributed by atoms with van der Waals surface area (Å²) in [5, 5.41) is 14.5. The number of amides is 2. The zero-order valence-electron chi connectivity index (χ0n) is 21.6. The molecule has 0 spiro atoms. The fraction of sp³-hybridized carbons (Fsp3) is 0.250. The Balaban J connectivity index is 1.34. The molecule has 2 aromatic carbocycles. The normalized spacial score (nSPS) is 14.8. The van der Waals surface area contributed by atoms with Gasteiger partial charge in [-0.3, -0.25) is 19.6 Å². The molecule has 1 fully saturated rings. The molecule has 1 aliphatic heterocycles. The van der Waals surface area contributed by atoms with Gasteiger partial charge in [-0.2, -0.15) is 4.98 Å². The van der Waals surface area contributed by atoms with Crippen molar-refractivity contribution in [3.63, 3.8) is 0 Å². The smallest absolute Gasteiger partial charge is 0.247 e. The summed E-state index contributed by atoms with van der Waals surface area (Å²) in [6.45, 7) is 5.57. The number of benzene rings is 2. The van der Waals surface area contributed by atoms with Crippen LogP contribution in [0, 0.1) is 5.92 Å². The maximum absolute atomic E-state index is 13.0. The van der Waals surface area contributed by atoms with Crippen molar-refractivity contribution >= 4 is 46.5 Å². The number of hydrogen-bond donors (Lipinski definition) is 4. The van der Waals surface area contributed by atoms with Crippen molar-refractivity contribution in [1.29, 1.82) is 0 Å². The fourth-order valence-electron chi connectivity index (χ4n) is 4.28. The quantitative estimate of drug-likeness (QED) is 0.107. The molecule has 2 heterocycles. The van der Waals surface area contributed by atoms with E-state index in [1.807, 2.05) is 0 Å². The van der Waals surface area contributed by atoms with E-state index < -0.39 is 5.91 Å². The molecule has 1 atom stereocenters. The minimum absolute atomic E-state index is 0.0760. The predicted octanol–water partition coefficient (Wildman–Crippen LogP) is 4.58. The first-order valence-electron chi connectivity index (χ1n) is 12.6. The van der Waals surface area contributed by atoms with Crippen LogP contribution in [0.25, 0.3) is 0 Å². The monoisotopic (exact) mass is 564 g/mol. The van der Waals surface area contributed by atoms with E-state index in [4.69, 9.17) is 21.5 Å². The van der Waals surface area contributed by atoms with E-state index in [0.717, 1.165) is 13.0 Å². The molecule has 3 aromatic rings. The van der Waals surface area contributed by atoms with Crippen molar-refractivity contribution in [2.24, 2.45) is 5.92 Å². The van der Waals surface area contributed by atoms with Crippen molar-refractivity contribution < 1.29 is 24.3 Å². The van der Waals surface area contributed by atoms with Crippen molar-refractivity contribution in [2.75, 3.05) is 30.3 Å². The van der Waals surface area contributed by atoms with E-state index in [2.05, 4.69) is 32.1 Å². The number of hydroxylamine groups is 1. The highest BCUT2D eigenvalue weighted by Gasteiger charge is 2.28.